The van der Waals surface area contributed by atoms with E-state index < -0.39 is 17.4 Å². The van der Waals surface area contributed by atoms with Crippen LogP contribution in [0.3, 0.4) is 0 Å². The van der Waals surface area contributed by atoms with Crippen molar-refractivity contribution in [2.75, 3.05) is 6.54 Å². The van der Waals surface area contributed by atoms with Gasteiger partial charge in [0.2, 0.25) is 11.8 Å². The first-order chi connectivity index (χ1) is 7.39. The van der Waals surface area contributed by atoms with E-state index in [-0.39, 0.29) is 24.8 Å². The molecule has 2 amide bonds. The lowest BCUT2D eigenvalue weighted by molar-refractivity contribution is -0.147. The number of rotatable bonds is 4. The Morgan fingerprint density at radius 1 is 1.62 bits per heavy atom. The van der Waals surface area contributed by atoms with Crippen LogP contribution < -0.4 is 10.6 Å². The van der Waals surface area contributed by atoms with Gasteiger partial charge in [0, 0.05) is 13.0 Å². The molecule has 2 atom stereocenters. The van der Waals surface area contributed by atoms with Crippen LogP contribution in [-0.2, 0) is 14.4 Å². The second kappa shape index (κ2) is 4.51. The van der Waals surface area contributed by atoms with E-state index in [0.717, 1.165) is 0 Å². The van der Waals surface area contributed by atoms with Crippen molar-refractivity contribution < 1.29 is 19.5 Å². The summed E-state index contributed by atoms with van der Waals surface area (Å²) in [5, 5.41) is 14.0. The van der Waals surface area contributed by atoms with Crippen LogP contribution in [0.25, 0.3) is 0 Å². The van der Waals surface area contributed by atoms with Gasteiger partial charge >= 0.3 is 5.97 Å². The average Bonchev–Trinajstić information content (AvgIpc) is 2.64. The lowest BCUT2D eigenvalue weighted by Gasteiger charge is -2.25. The Bertz CT molecular complexity index is 329. The molecule has 6 nitrogen and oxygen atoms in total. The zero-order chi connectivity index (χ0) is 12.3. The molecular weight excluding hydrogens is 212 g/mol. The summed E-state index contributed by atoms with van der Waals surface area (Å²) in [6.45, 7) is 3.42. The van der Waals surface area contributed by atoms with Crippen molar-refractivity contribution in [2.24, 2.45) is 5.92 Å². The maximum atomic E-state index is 11.7. The largest absolute Gasteiger partial charge is 0.480 e. The highest BCUT2D eigenvalue weighted by Crippen LogP contribution is 2.14. The van der Waals surface area contributed by atoms with Crippen molar-refractivity contribution in [2.45, 2.75) is 32.2 Å². The average molecular weight is 228 g/mol. The lowest BCUT2D eigenvalue weighted by atomic mass is 9.97. The maximum Gasteiger partial charge on any atom is 0.329 e. The molecule has 3 N–H and O–H groups in total. The Balaban J connectivity index is 2.62. The molecule has 0 spiro atoms. The smallest absolute Gasteiger partial charge is 0.329 e. The van der Waals surface area contributed by atoms with Crippen LogP contribution in [0.5, 0.6) is 0 Å². The molecule has 0 aromatic carbocycles. The number of amides is 2. The van der Waals surface area contributed by atoms with E-state index >= 15 is 0 Å². The fourth-order valence-corrected chi connectivity index (χ4v) is 1.46. The van der Waals surface area contributed by atoms with E-state index in [0.29, 0.717) is 6.42 Å². The van der Waals surface area contributed by atoms with Crippen molar-refractivity contribution in [3.8, 4) is 0 Å². The second-order valence-corrected chi connectivity index (χ2v) is 4.19. The lowest BCUT2D eigenvalue weighted by Crippen LogP contribution is -2.53. The summed E-state index contributed by atoms with van der Waals surface area (Å²) in [4.78, 5) is 33.6. The summed E-state index contributed by atoms with van der Waals surface area (Å²) < 4.78 is 0. The van der Waals surface area contributed by atoms with Crippen LogP contribution in [0.1, 0.15) is 26.7 Å². The predicted molar refractivity (Wildman–Crippen MR) is 55.6 cm³/mol. The standard InChI is InChI=1S/C10H16N2O4/c1-3-10(2,9(15)16)12-8(14)6-4-7(13)11-5-6/h6H,3-5H2,1-2H3,(H,11,13)(H,12,14)(H,15,16). The fourth-order valence-electron chi connectivity index (χ4n) is 1.46. The van der Waals surface area contributed by atoms with Gasteiger partial charge in [0.25, 0.3) is 0 Å². The molecule has 1 rings (SSSR count). The first-order valence-electron chi connectivity index (χ1n) is 5.21. The number of carboxylic acids is 1. The van der Waals surface area contributed by atoms with Gasteiger partial charge in [-0.3, -0.25) is 9.59 Å². The van der Waals surface area contributed by atoms with Crippen molar-refractivity contribution in [3.05, 3.63) is 0 Å². The van der Waals surface area contributed by atoms with Gasteiger partial charge < -0.3 is 15.7 Å². The van der Waals surface area contributed by atoms with Crippen molar-refractivity contribution in [1.82, 2.24) is 10.6 Å². The zero-order valence-corrected chi connectivity index (χ0v) is 9.37. The van der Waals surface area contributed by atoms with E-state index in [9.17, 15) is 14.4 Å². The zero-order valence-electron chi connectivity index (χ0n) is 9.37. The molecule has 0 bridgehead atoms. The third-order valence-electron chi connectivity index (χ3n) is 2.93. The first-order valence-corrected chi connectivity index (χ1v) is 5.21. The van der Waals surface area contributed by atoms with Gasteiger partial charge in [-0.1, -0.05) is 6.92 Å². The van der Waals surface area contributed by atoms with Crippen LogP contribution in [0.15, 0.2) is 0 Å². The SMILES string of the molecule is CCC(C)(NC(=O)C1CNC(=O)C1)C(=O)O. The molecule has 1 aliphatic rings. The Hall–Kier alpha value is -1.59. The number of nitrogens with one attached hydrogen (secondary N) is 2. The highest BCUT2D eigenvalue weighted by molar-refractivity contribution is 5.92. The molecule has 0 saturated carbocycles. The molecule has 0 aromatic rings. The number of carboxylic acid groups (broad SMARTS) is 1. The highest BCUT2D eigenvalue weighted by Gasteiger charge is 2.36. The molecule has 0 radical (unpaired) electrons. The normalized spacial score (nSPS) is 23.4. The third kappa shape index (κ3) is 2.50. The summed E-state index contributed by atoms with van der Waals surface area (Å²) in [5.41, 5.74) is -1.26. The molecular formula is C10H16N2O4. The number of aliphatic carboxylic acids is 1. The minimum absolute atomic E-state index is 0.130. The van der Waals surface area contributed by atoms with Crippen LogP contribution in [-0.4, -0.2) is 35.0 Å². The monoisotopic (exact) mass is 228 g/mol. The molecule has 1 heterocycles. The minimum Gasteiger partial charge on any atom is -0.480 e. The molecule has 1 saturated heterocycles. The Kier molecular flexibility index (Phi) is 3.51. The van der Waals surface area contributed by atoms with E-state index in [1.165, 1.54) is 6.92 Å². The van der Waals surface area contributed by atoms with Crippen LogP contribution >= 0.6 is 0 Å². The molecule has 16 heavy (non-hydrogen) atoms. The van der Waals surface area contributed by atoms with Crippen LogP contribution in [0.4, 0.5) is 0 Å². The highest BCUT2D eigenvalue weighted by atomic mass is 16.4. The number of carbonyl (C=O) groups is 3. The molecule has 6 heteroatoms. The molecule has 1 aliphatic heterocycles. The number of hydrogen-bond donors (Lipinski definition) is 3. The number of hydrogen-bond acceptors (Lipinski definition) is 3. The van der Waals surface area contributed by atoms with E-state index in [1.54, 1.807) is 6.92 Å². The number of carbonyl (C=O) groups excluding carboxylic acids is 2. The summed E-state index contributed by atoms with van der Waals surface area (Å²) in [7, 11) is 0. The van der Waals surface area contributed by atoms with Gasteiger partial charge in [-0.05, 0) is 13.3 Å². The van der Waals surface area contributed by atoms with E-state index in [1.807, 2.05) is 0 Å². The van der Waals surface area contributed by atoms with Gasteiger partial charge in [0.1, 0.15) is 5.54 Å². The molecule has 0 aromatic heterocycles. The van der Waals surface area contributed by atoms with Crippen molar-refractivity contribution in [1.29, 1.82) is 0 Å². The molecule has 2 unspecified atom stereocenters. The summed E-state index contributed by atoms with van der Waals surface area (Å²) in [6, 6.07) is 0. The van der Waals surface area contributed by atoms with Gasteiger partial charge in [-0.25, -0.2) is 4.79 Å². The first kappa shape index (κ1) is 12.5. The van der Waals surface area contributed by atoms with Crippen LogP contribution in [0, 0.1) is 5.92 Å². The molecule has 90 valence electrons. The quantitative estimate of drug-likeness (QED) is 0.604. The van der Waals surface area contributed by atoms with E-state index in [2.05, 4.69) is 10.6 Å². The summed E-state index contributed by atoms with van der Waals surface area (Å²) >= 11 is 0. The van der Waals surface area contributed by atoms with Gasteiger partial charge in [0.05, 0.1) is 5.92 Å². The fraction of sp³-hybridized carbons (Fsp3) is 0.700. The van der Waals surface area contributed by atoms with Crippen LogP contribution in [0.2, 0.25) is 0 Å². The van der Waals surface area contributed by atoms with Gasteiger partial charge in [-0.15, -0.1) is 0 Å². The topological polar surface area (TPSA) is 95.5 Å². The summed E-state index contributed by atoms with van der Waals surface area (Å²) in [5.74, 6) is -2.09. The Morgan fingerprint density at radius 3 is 2.62 bits per heavy atom. The van der Waals surface area contributed by atoms with Gasteiger partial charge in [0.15, 0.2) is 0 Å². The van der Waals surface area contributed by atoms with Crippen molar-refractivity contribution in [3.63, 3.8) is 0 Å². The predicted octanol–water partition coefficient (Wildman–Crippen LogP) is -0.508. The van der Waals surface area contributed by atoms with E-state index in [4.69, 9.17) is 5.11 Å². The Labute approximate surface area is 93.4 Å². The van der Waals surface area contributed by atoms with Crippen molar-refractivity contribution >= 4 is 17.8 Å². The molecule has 1 fully saturated rings. The Morgan fingerprint density at radius 2 is 2.25 bits per heavy atom. The third-order valence-corrected chi connectivity index (χ3v) is 2.93. The molecule has 0 aliphatic carbocycles. The maximum absolute atomic E-state index is 11.7. The second-order valence-electron chi connectivity index (χ2n) is 4.19. The minimum atomic E-state index is -1.26. The summed E-state index contributed by atoms with van der Waals surface area (Å²) in [6.07, 6.45) is 0.424. The van der Waals surface area contributed by atoms with Gasteiger partial charge in [-0.2, -0.15) is 0 Å².